The Kier molecular flexibility index (Phi) is 8.46. The Balaban J connectivity index is 1.63. The van der Waals surface area contributed by atoms with E-state index in [0.29, 0.717) is 37.9 Å². The number of nitrogens with one attached hydrogen (secondary N) is 3. The summed E-state index contributed by atoms with van der Waals surface area (Å²) in [5, 5.41) is 17.6. The molecule has 1 aliphatic heterocycles. The molecule has 1 aromatic heterocycles. The van der Waals surface area contributed by atoms with E-state index >= 15 is 0 Å². The summed E-state index contributed by atoms with van der Waals surface area (Å²) in [7, 11) is -1.91. The molecule has 0 fully saturated rings. The Morgan fingerprint density at radius 2 is 2.00 bits per heavy atom. The highest BCUT2D eigenvalue weighted by Gasteiger charge is 2.44. The van der Waals surface area contributed by atoms with E-state index in [0.717, 1.165) is 41.8 Å². The van der Waals surface area contributed by atoms with E-state index < -0.39 is 27.6 Å². The lowest BCUT2D eigenvalue weighted by Crippen LogP contribution is -2.53. The standard InChI is InChI=1S/C28H40N4O4S/c1-4-6-13-29-19-25(33)22(15-20-10-8-7-9-11-20)31-27(34)28(5-2)16-23-26-21(18-30-23)12-14-37(35,36)32(3)24(26)17-28/h7-11,17-18,22,25,29-30,33H,4-6,12-16,19H2,1-3H3,(H,31,34)/t22-,25+,28?/m0/s1. The zero-order valence-corrected chi connectivity index (χ0v) is 22.9. The first kappa shape index (κ1) is 27.4. The summed E-state index contributed by atoms with van der Waals surface area (Å²) in [5.41, 5.74) is 3.40. The first-order valence-electron chi connectivity index (χ1n) is 13.3. The molecule has 8 nitrogen and oxygen atoms in total. The summed E-state index contributed by atoms with van der Waals surface area (Å²) in [6.07, 6.45) is 6.90. The van der Waals surface area contributed by atoms with Gasteiger partial charge in [0.1, 0.15) is 0 Å². The minimum absolute atomic E-state index is 0.0346. The third-order valence-electron chi connectivity index (χ3n) is 7.81. The number of aromatic amines is 1. The molecule has 0 radical (unpaired) electrons. The van der Waals surface area contributed by atoms with Gasteiger partial charge in [-0.15, -0.1) is 0 Å². The Morgan fingerprint density at radius 1 is 1.24 bits per heavy atom. The maximum Gasteiger partial charge on any atom is 0.235 e. The number of carbonyl (C=O) groups is 1. The van der Waals surface area contributed by atoms with Crippen molar-refractivity contribution in [2.24, 2.45) is 5.41 Å². The largest absolute Gasteiger partial charge is 0.390 e. The third kappa shape index (κ3) is 5.78. The zero-order chi connectivity index (χ0) is 26.6. The number of aryl methyl sites for hydroxylation is 1. The molecule has 2 aliphatic rings. The molecule has 0 saturated heterocycles. The van der Waals surface area contributed by atoms with Crippen molar-refractivity contribution >= 4 is 21.6 Å². The van der Waals surface area contributed by atoms with Gasteiger partial charge in [-0.3, -0.25) is 9.10 Å². The average molecular weight is 529 g/mol. The molecule has 9 heteroatoms. The summed E-state index contributed by atoms with van der Waals surface area (Å²) in [5.74, 6) is -0.166. The number of aliphatic hydroxyl groups excluding tert-OH is 1. The van der Waals surface area contributed by atoms with E-state index in [-0.39, 0.29) is 11.7 Å². The summed E-state index contributed by atoms with van der Waals surface area (Å²) in [4.78, 5) is 17.3. The van der Waals surface area contributed by atoms with Crippen LogP contribution < -0.4 is 10.6 Å². The maximum atomic E-state index is 14.0. The fourth-order valence-electron chi connectivity index (χ4n) is 5.33. The molecule has 2 heterocycles. The van der Waals surface area contributed by atoms with Crippen LogP contribution in [-0.2, 0) is 34.1 Å². The van der Waals surface area contributed by atoms with Crippen LogP contribution in [0.15, 0.2) is 42.6 Å². The van der Waals surface area contributed by atoms with Crippen LogP contribution in [0.4, 0.5) is 0 Å². The summed E-state index contributed by atoms with van der Waals surface area (Å²) < 4.78 is 27.1. The Labute approximate surface area is 220 Å². The second-order valence-electron chi connectivity index (χ2n) is 10.3. The number of unbranched alkanes of at least 4 members (excludes halogenated alkanes) is 1. The number of rotatable bonds is 11. The number of hydrogen-bond acceptors (Lipinski definition) is 5. The molecule has 202 valence electrons. The molecule has 1 unspecified atom stereocenters. The van der Waals surface area contributed by atoms with Crippen molar-refractivity contribution in [3.63, 3.8) is 0 Å². The van der Waals surface area contributed by atoms with Gasteiger partial charge in [0, 0.05) is 37.5 Å². The van der Waals surface area contributed by atoms with E-state index in [9.17, 15) is 18.3 Å². The molecule has 0 bridgehead atoms. The minimum Gasteiger partial charge on any atom is -0.390 e. The molecular weight excluding hydrogens is 488 g/mol. The molecule has 1 aromatic carbocycles. The number of aliphatic hydroxyl groups is 1. The van der Waals surface area contributed by atoms with E-state index in [1.807, 2.05) is 49.5 Å². The highest BCUT2D eigenvalue weighted by Crippen LogP contribution is 2.44. The predicted octanol–water partition coefficient (Wildman–Crippen LogP) is 2.60. The van der Waals surface area contributed by atoms with Crippen LogP contribution in [0.5, 0.6) is 0 Å². The second-order valence-corrected chi connectivity index (χ2v) is 12.4. The topological polar surface area (TPSA) is 115 Å². The van der Waals surface area contributed by atoms with Gasteiger partial charge >= 0.3 is 0 Å². The highest BCUT2D eigenvalue weighted by molar-refractivity contribution is 7.89. The van der Waals surface area contributed by atoms with Gasteiger partial charge in [0.25, 0.3) is 0 Å². The Morgan fingerprint density at radius 3 is 2.70 bits per heavy atom. The SMILES string of the molecule is CCCCNC[C@@H](O)[C@H](Cc1ccccc1)NC(=O)C1(CC)C=C2c3c(c[nH]c3C1)CCS(=O)(=O)N2C. The normalized spacial score (nSPS) is 21.9. The van der Waals surface area contributed by atoms with Gasteiger partial charge < -0.3 is 20.7 Å². The van der Waals surface area contributed by atoms with Crippen LogP contribution in [0.2, 0.25) is 0 Å². The summed E-state index contributed by atoms with van der Waals surface area (Å²) >= 11 is 0. The number of amides is 1. The van der Waals surface area contributed by atoms with E-state index in [2.05, 4.69) is 22.5 Å². The number of carbonyl (C=O) groups excluding carboxylic acids is 1. The van der Waals surface area contributed by atoms with E-state index in [1.165, 1.54) is 4.31 Å². The number of aromatic nitrogens is 1. The number of benzene rings is 1. The van der Waals surface area contributed by atoms with Gasteiger partial charge in [-0.1, -0.05) is 50.6 Å². The quantitative estimate of drug-likeness (QED) is 0.335. The molecule has 0 spiro atoms. The Hall–Kier alpha value is -2.62. The second kappa shape index (κ2) is 11.4. The van der Waals surface area contributed by atoms with Crippen molar-refractivity contribution in [2.45, 2.75) is 64.5 Å². The van der Waals surface area contributed by atoms with Gasteiger partial charge in [-0.2, -0.15) is 0 Å². The van der Waals surface area contributed by atoms with Crippen LogP contribution in [0.25, 0.3) is 5.70 Å². The molecule has 37 heavy (non-hydrogen) atoms. The summed E-state index contributed by atoms with van der Waals surface area (Å²) in [6.45, 7) is 5.26. The van der Waals surface area contributed by atoms with Crippen LogP contribution in [0.3, 0.4) is 0 Å². The molecule has 1 amide bonds. The van der Waals surface area contributed by atoms with Crippen molar-refractivity contribution < 1.29 is 18.3 Å². The van der Waals surface area contributed by atoms with Crippen LogP contribution in [-0.4, -0.2) is 66.8 Å². The molecule has 4 N–H and O–H groups in total. The van der Waals surface area contributed by atoms with Gasteiger partial charge in [0.2, 0.25) is 15.9 Å². The smallest absolute Gasteiger partial charge is 0.235 e. The monoisotopic (exact) mass is 528 g/mol. The fourth-order valence-corrected chi connectivity index (χ4v) is 6.53. The lowest BCUT2D eigenvalue weighted by molar-refractivity contribution is -0.130. The third-order valence-corrected chi connectivity index (χ3v) is 9.57. The van der Waals surface area contributed by atoms with Gasteiger partial charge in [0.15, 0.2) is 0 Å². The number of sulfonamides is 1. The lowest BCUT2D eigenvalue weighted by atomic mass is 9.73. The predicted molar refractivity (Wildman–Crippen MR) is 146 cm³/mol. The fraction of sp³-hybridized carbons (Fsp3) is 0.536. The molecule has 2 aromatic rings. The first-order valence-corrected chi connectivity index (χ1v) is 14.9. The van der Waals surface area contributed by atoms with Gasteiger partial charge in [0.05, 0.1) is 29.0 Å². The molecular formula is C28H40N4O4S. The summed E-state index contributed by atoms with van der Waals surface area (Å²) in [6, 6.07) is 9.33. The van der Waals surface area contributed by atoms with Gasteiger partial charge in [-0.05, 0) is 49.4 Å². The average Bonchev–Trinajstić information content (AvgIpc) is 3.27. The van der Waals surface area contributed by atoms with Crippen LogP contribution in [0, 0.1) is 5.41 Å². The van der Waals surface area contributed by atoms with Crippen molar-refractivity contribution in [1.29, 1.82) is 0 Å². The van der Waals surface area contributed by atoms with E-state index in [1.54, 1.807) is 7.05 Å². The van der Waals surface area contributed by atoms with E-state index in [4.69, 9.17) is 0 Å². The lowest BCUT2D eigenvalue weighted by Gasteiger charge is -2.37. The maximum absolute atomic E-state index is 14.0. The van der Waals surface area contributed by atoms with Crippen LogP contribution in [0.1, 0.15) is 55.5 Å². The molecule has 3 atom stereocenters. The number of hydrogen-bond donors (Lipinski definition) is 4. The minimum atomic E-state index is -3.48. The van der Waals surface area contributed by atoms with Crippen LogP contribution >= 0.6 is 0 Å². The van der Waals surface area contributed by atoms with Crippen molar-refractivity contribution in [3.05, 3.63) is 65.0 Å². The first-order chi connectivity index (χ1) is 17.7. The van der Waals surface area contributed by atoms with Crippen molar-refractivity contribution in [3.8, 4) is 0 Å². The molecule has 0 saturated carbocycles. The van der Waals surface area contributed by atoms with Crippen molar-refractivity contribution in [1.82, 2.24) is 19.9 Å². The van der Waals surface area contributed by atoms with Gasteiger partial charge in [-0.25, -0.2) is 8.42 Å². The molecule has 4 rings (SSSR count). The highest BCUT2D eigenvalue weighted by atomic mass is 32.2. The number of nitrogens with zero attached hydrogens (tertiary/aromatic N) is 1. The Bertz CT molecular complexity index is 1220. The van der Waals surface area contributed by atoms with Crippen molar-refractivity contribution in [2.75, 3.05) is 25.9 Å². The number of H-pyrrole nitrogens is 1. The molecule has 1 aliphatic carbocycles. The zero-order valence-electron chi connectivity index (χ0n) is 22.1.